The van der Waals surface area contributed by atoms with Gasteiger partial charge in [0.1, 0.15) is 5.75 Å². The lowest BCUT2D eigenvalue weighted by Gasteiger charge is -2.22. The second kappa shape index (κ2) is 5.55. The number of benzene rings is 1. The molecule has 0 aliphatic rings. The monoisotopic (exact) mass is 217 g/mol. The molecule has 0 saturated carbocycles. The van der Waals surface area contributed by atoms with Crippen molar-refractivity contribution < 1.29 is 4.74 Å². The van der Waals surface area contributed by atoms with Crippen LogP contribution in [-0.2, 0) is 5.41 Å². The summed E-state index contributed by atoms with van der Waals surface area (Å²) in [5, 5.41) is 8.44. The highest BCUT2D eigenvalue weighted by Crippen LogP contribution is 2.30. The molecule has 0 aliphatic carbocycles. The van der Waals surface area contributed by atoms with Crippen molar-refractivity contribution in [3.05, 3.63) is 29.8 Å². The van der Waals surface area contributed by atoms with Gasteiger partial charge >= 0.3 is 0 Å². The van der Waals surface area contributed by atoms with Crippen molar-refractivity contribution in [3.63, 3.8) is 0 Å². The molecule has 0 unspecified atom stereocenters. The fraction of sp³-hybridized carbons (Fsp3) is 0.500. The predicted molar refractivity (Wildman–Crippen MR) is 65.5 cm³/mol. The summed E-state index contributed by atoms with van der Waals surface area (Å²) in [7, 11) is 0. The van der Waals surface area contributed by atoms with Gasteiger partial charge in [-0.15, -0.1) is 0 Å². The van der Waals surface area contributed by atoms with Crippen molar-refractivity contribution >= 4 is 0 Å². The zero-order valence-electron chi connectivity index (χ0n) is 10.3. The van der Waals surface area contributed by atoms with Gasteiger partial charge in [-0.3, -0.25) is 0 Å². The molecule has 0 saturated heterocycles. The van der Waals surface area contributed by atoms with Gasteiger partial charge in [0.05, 0.1) is 12.7 Å². The van der Waals surface area contributed by atoms with Crippen LogP contribution in [0.4, 0.5) is 0 Å². The fourth-order valence-electron chi connectivity index (χ4n) is 1.55. The topological polar surface area (TPSA) is 33.0 Å². The van der Waals surface area contributed by atoms with Gasteiger partial charge in [-0.2, -0.15) is 5.26 Å². The normalized spacial score (nSPS) is 10.9. The van der Waals surface area contributed by atoms with Crippen LogP contribution in [0.3, 0.4) is 0 Å². The summed E-state index contributed by atoms with van der Waals surface area (Å²) in [5.41, 5.74) is 1.30. The van der Waals surface area contributed by atoms with Crippen molar-refractivity contribution in [1.29, 1.82) is 5.26 Å². The number of unbranched alkanes of at least 4 members (excludes halogenated alkanes) is 1. The average molecular weight is 217 g/mol. The zero-order chi connectivity index (χ0) is 12.0. The molecule has 1 aromatic carbocycles. The van der Waals surface area contributed by atoms with E-state index < -0.39 is 0 Å². The quantitative estimate of drug-likeness (QED) is 0.721. The third-order valence-corrected chi connectivity index (χ3v) is 2.39. The highest BCUT2D eigenvalue weighted by atomic mass is 16.5. The van der Waals surface area contributed by atoms with Crippen molar-refractivity contribution in [2.24, 2.45) is 0 Å². The number of nitrogens with zero attached hydrogens (tertiary/aromatic N) is 1. The molecule has 0 aliphatic heterocycles. The molecule has 0 amide bonds. The number of ether oxygens (including phenoxy) is 1. The number of hydrogen-bond acceptors (Lipinski definition) is 2. The van der Waals surface area contributed by atoms with E-state index in [0.717, 1.165) is 12.2 Å². The fourth-order valence-corrected chi connectivity index (χ4v) is 1.55. The van der Waals surface area contributed by atoms with Crippen LogP contribution >= 0.6 is 0 Å². The molecule has 0 atom stereocenters. The Morgan fingerprint density at radius 2 is 1.94 bits per heavy atom. The van der Waals surface area contributed by atoms with E-state index in [-0.39, 0.29) is 5.41 Å². The Morgan fingerprint density at radius 3 is 2.56 bits per heavy atom. The molecule has 0 N–H and O–H groups in total. The largest absolute Gasteiger partial charge is 0.493 e. The third kappa shape index (κ3) is 3.58. The first kappa shape index (κ1) is 12.6. The standard InChI is InChI=1S/C14H19NO/c1-14(2,3)12-8-4-5-9-13(12)16-11-7-6-10-15/h4-5,8-9H,6-7,11H2,1-3H3. The minimum absolute atomic E-state index is 0.0891. The molecule has 0 fully saturated rings. The second-order valence-corrected chi connectivity index (χ2v) is 4.86. The Hall–Kier alpha value is -1.49. The summed E-state index contributed by atoms with van der Waals surface area (Å²) in [4.78, 5) is 0. The Labute approximate surface area is 97.9 Å². The van der Waals surface area contributed by atoms with Crippen molar-refractivity contribution in [2.75, 3.05) is 6.61 Å². The predicted octanol–water partition coefficient (Wildman–Crippen LogP) is 3.67. The molecule has 0 heterocycles. The van der Waals surface area contributed by atoms with E-state index in [1.54, 1.807) is 0 Å². The molecule has 0 bridgehead atoms. The zero-order valence-corrected chi connectivity index (χ0v) is 10.3. The van der Waals surface area contributed by atoms with E-state index in [1.807, 2.05) is 18.2 Å². The van der Waals surface area contributed by atoms with Gasteiger partial charge in [0.15, 0.2) is 0 Å². The summed E-state index contributed by atoms with van der Waals surface area (Å²) in [5.74, 6) is 0.938. The summed E-state index contributed by atoms with van der Waals surface area (Å²) < 4.78 is 5.71. The molecular weight excluding hydrogens is 198 g/mol. The van der Waals surface area contributed by atoms with E-state index in [1.165, 1.54) is 5.56 Å². The number of rotatable bonds is 4. The van der Waals surface area contributed by atoms with E-state index in [0.29, 0.717) is 13.0 Å². The van der Waals surface area contributed by atoms with Crippen molar-refractivity contribution in [2.45, 2.75) is 39.0 Å². The minimum Gasteiger partial charge on any atom is -0.493 e. The molecule has 1 aromatic rings. The summed E-state index contributed by atoms with van der Waals surface area (Å²) in [6.45, 7) is 7.13. The van der Waals surface area contributed by atoms with Crippen LogP contribution in [-0.4, -0.2) is 6.61 Å². The van der Waals surface area contributed by atoms with Crippen LogP contribution in [0.5, 0.6) is 5.75 Å². The molecule has 2 nitrogen and oxygen atoms in total. The first-order chi connectivity index (χ1) is 7.55. The highest BCUT2D eigenvalue weighted by molar-refractivity contribution is 5.38. The Kier molecular flexibility index (Phi) is 4.37. The molecule has 16 heavy (non-hydrogen) atoms. The maximum atomic E-state index is 8.44. The first-order valence-corrected chi connectivity index (χ1v) is 5.65. The van der Waals surface area contributed by atoms with Gasteiger partial charge in [0.2, 0.25) is 0 Å². The minimum atomic E-state index is 0.0891. The maximum absolute atomic E-state index is 8.44. The van der Waals surface area contributed by atoms with Gasteiger partial charge in [0.25, 0.3) is 0 Å². The SMILES string of the molecule is CC(C)(C)c1ccccc1OCCCC#N. The van der Waals surface area contributed by atoms with Crippen LogP contribution in [0, 0.1) is 11.3 Å². The molecule has 0 spiro atoms. The Bertz CT molecular complexity index is 371. The third-order valence-electron chi connectivity index (χ3n) is 2.39. The molecule has 86 valence electrons. The molecule has 0 aromatic heterocycles. The maximum Gasteiger partial charge on any atom is 0.123 e. The van der Waals surface area contributed by atoms with Gasteiger partial charge in [0, 0.05) is 6.42 Å². The summed E-state index contributed by atoms with van der Waals surface area (Å²) in [6, 6.07) is 10.2. The van der Waals surface area contributed by atoms with Gasteiger partial charge in [-0.1, -0.05) is 39.0 Å². The molecule has 0 radical (unpaired) electrons. The second-order valence-electron chi connectivity index (χ2n) is 4.86. The van der Waals surface area contributed by atoms with E-state index in [4.69, 9.17) is 10.00 Å². The van der Waals surface area contributed by atoms with Crippen LogP contribution in [0.1, 0.15) is 39.2 Å². The van der Waals surface area contributed by atoms with Crippen LogP contribution < -0.4 is 4.74 Å². The lowest BCUT2D eigenvalue weighted by molar-refractivity contribution is 0.304. The molecule has 1 rings (SSSR count). The van der Waals surface area contributed by atoms with E-state index >= 15 is 0 Å². The van der Waals surface area contributed by atoms with Crippen LogP contribution in [0.2, 0.25) is 0 Å². The summed E-state index contributed by atoms with van der Waals surface area (Å²) >= 11 is 0. The van der Waals surface area contributed by atoms with Gasteiger partial charge in [-0.05, 0) is 23.5 Å². The average Bonchev–Trinajstić information content (AvgIpc) is 2.24. The lowest BCUT2D eigenvalue weighted by Crippen LogP contribution is -2.13. The lowest BCUT2D eigenvalue weighted by atomic mass is 9.86. The molecular formula is C14H19NO. The smallest absolute Gasteiger partial charge is 0.123 e. The molecule has 2 heteroatoms. The first-order valence-electron chi connectivity index (χ1n) is 5.65. The van der Waals surface area contributed by atoms with Crippen LogP contribution in [0.15, 0.2) is 24.3 Å². The number of para-hydroxylation sites is 1. The Balaban J connectivity index is 2.69. The van der Waals surface area contributed by atoms with Crippen molar-refractivity contribution in [1.82, 2.24) is 0 Å². The Morgan fingerprint density at radius 1 is 1.25 bits per heavy atom. The summed E-state index contributed by atoms with van der Waals surface area (Å²) in [6.07, 6.45) is 1.34. The van der Waals surface area contributed by atoms with Crippen molar-refractivity contribution in [3.8, 4) is 11.8 Å². The van der Waals surface area contributed by atoms with E-state index in [9.17, 15) is 0 Å². The number of hydrogen-bond donors (Lipinski definition) is 0. The van der Waals surface area contributed by atoms with E-state index in [2.05, 4.69) is 32.9 Å². The van der Waals surface area contributed by atoms with Crippen LogP contribution in [0.25, 0.3) is 0 Å². The number of nitriles is 1. The van der Waals surface area contributed by atoms with Gasteiger partial charge in [-0.25, -0.2) is 0 Å². The highest BCUT2D eigenvalue weighted by Gasteiger charge is 2.17. The van der Waals surface area contributed by atoms with Gasteiger partial charge < -0.3 is 4.74 Å².